The lowest BCUT2D eigenvalue weighted by Crippen LogP contribution is -2.32. The van der Waals surface area contributed by atoms with Crippen molar-refractivity contribution in [2.75, 3.05) is 20.3 Å². The van der Waals surface area contributed by atoms with E-state index >= 15 is 0 Å². The maximum atomic E-state index is 11.8. The van der Waals surface area contributed by atoms with Crippen LogP contribution >= 0.6 is 0 Å². The third-order valence-corrected chi connectivity index (χ3v) is 2.78. The number of amides is 1. The van der Waals surface area contributed by atoms with E-state index in [1.54, 1.807) is 37.4 Å². The van der Waals surface area contributed by atoms with Gasteiger partial charge in [-0.2, -0.15) is 0 Å². The molecule has 1 heterocycles. The van der Waals surface area contributed by atoms with Gasteiger partial charge in [0.25, 0.3) is 11.5 Å². The lowest BCUT2D eigenvalue weighted by Gasteiger charge is -2.08. The van der Waals surface area contributed by atoms with Gasteiger partial charge in [-0.1, -0.05) is 0 Å². The molecular weight excluding hydrogens is 272 g/mol. The highest BCUT2D eigenvalue weighted by atomic mass is 16.5. The topological polar surface area (TPSA) is 80.4 Å². The Hall–Kier alpha value is -2.76. The van der Waals surface area contributed by atoms with Crippen LogP contribution in [-0.2, 0) is 0 Å². The molecule has 110 valence electrons. The summed E-state index contributed by atoms with van der Waals surface area (Å²) in [6.07, 6.45) is 1.48. The van der Waals surface area contributed by atoms with E-state index in [4.69, 9.17) is 9.47 Å². The zero-order valence-electron chi connectivity index (χ0n) is 11.6. The molecule has 0 aliphatic carbocycles. The summed E-state index contributed by atoms with van der Waals surface area (Å²) in [5.74, 6) is 1.01. The molecule has 6 nitrogen and oxygen atoms in total. The summed E-state index contributed by atoms with van der Waals surface area (Å²) in [4.78, 5) is 25.6. The number of benzene rings is 1. The van der Waals surface area contributed by atoms with Gasteiger partial charge in [0.05, 0.1) is 13.7 Å². The number of H-pyrrole nitrogens is 1. The molecule has 0 bridgehead atoms. The van der Waals surface area contributed by atoms with Crippen LogP contribution in [0.1, 0.15) is 10.4 Å². The van der Waals surface area contributed by atoms with Crippen LogP contribution in [0.3, 0.4) is 0 Å². The Kier molecular flexibility index (Phi) is 4.98. The normalized spacial score (nSPS) is 9.95. The lowest BCUT2D eigenvalue weighted by molar-refractivity contribution is 0.0945. The number of ether oxygens (including phenoxy) is 2. The van der Waals surface area contributed by atoms with Crippen LogP contribution in [0.25, 0.3) is 0 Å². The zero-order valence-corrected chi connectivity index (χ0v) is 11.6. The van der Waals surface area contributed by atoms with E-state index in [9.17, 15) is 9.59 Å². The number of methoxy groups -OCH3 is 1. The molecule has 6 heteroatoms. The van der Waals surface area contributed by atoms with Gasteiger partial charge in [-0.05, 0) is 36.4 Å². The van der Waals surface area contributed by atoms with Crippen molar-refractivity contribution in [1.29, 1.82) is 0 Å². The lowest BCUT2D eigenvalue weighted by atomic mass is 10.2. The molecule has 2 rings (SSSR count). The molecule has 0 aliphatic heterocycles. The number of hydrogen-bond donors (Lipinski definition) is 2. The molecule has 1 aromatic carbocycles. The van der Waals surface area contributed by atoms with E-state index in [1.165, 1.54) is 12.3 Å². The van der Waals surface area contributed by atoms with Gasteiger partial charge in [-0.25, -0.2) is 0 Å². The quantitative estimate of drug-likeness (QED) is 0.782. The summed E-state index contributed by atoms with van der Waals surface area (Å²) in [7, 11) is 1.59. The molecule has 0 saturated carbocycles. The van der Waals surface area contributed by atoms with Crippen LogP contribution in [0.4, 0.5) is 0 Å². The molecule has 0 radical (unpaired) electrons. The molecule has 21 heavy (non-hydrogen) atoms. The minimum Gasteiger partial charge on any atom is -0.497 e. The van der Waals surface area contributed by atoms with E-state index in [2.05, 4.69) is 10.3 Å². The van der Waals surface area contributed by atoms with Gasteiger partial charge in [0.15, 0.2) is 0 Å². The van der Waals surface area contributed by atoms with Crippen LogP contribution in [0.15, 0.2) is 47.4 Å². The number of nitrogens with one attached hydrogen (secondary N) is 2. The average Bonchev–Trinajstić information content (AvgIpc) is 2.52. The van der Waals surface area contributed by atoms with Gasteiger partial charge in [0, 0.05) is 6.20 Å². The molecule has 0 unspecified atom stereocenters. The summed E-state index contributed by atoms with van der Waals surface area (Å²) in [6, 6.07) is 10.2. The van der Waals surface area contributed by atoms with Gasteiger partial charge in [0.2, 0.25) is 0 Å². The Bertz CT molecular complexity index is 649. The van der Waals surface area contributed by atoms with Crippen molar-refractivity contribution in [3.05, 3.63) is 58.5 Å². The SMILES string of the molecule is COc1ccc(OCCNC(=O)c2ccc[nH]c2=O)cc1. The summed E-state index contributed by atoms with van der Waals surface area (Å²) < 4.78 is 10.5. The number of aromatic amines is 1. The second kappa shape index (κ2) is 7.14. The van der Waals surface area contributed by atoms with Crippen molar-refractivity contribution in [3.8, 4) is 11.5 Å². The third kappa shape index (κ3) is 4.10. The minimum atomic E-state index is -0.421. The van der Waals surface area contributed by atoms with Gasteiger partial charge in [-0.15, -0.1) is 0 Å². The second-order valence-electron chi connectivity index (χ2n) is 4.19. The molecule has 0 atom stereocenters. The standard InChI is InChI=1S/C15H16N2O4/c1-20-11-4-6-12(7-5-11)21-10-9-17-15(19)13-3-2-8-16-14(13)18/h2-8H,9-10H2,1H3,(H,16,18)(H,17,19). The average molecular weight is 288 g/mol. The fraction of sp³-hybridized carbons (Fsp3) is 0.200. The monoisotopic (exact) mass is 288 g/mol. The van der Waals surface area contributed by atoms with Crippen molar-refractivity contribution in [3.63, 3.8) is 0 Å². The van der Waals surface area contributed by atoms with Crippen LogP contribution in [0.5, 0.6) is 11.5 Å². The molecule has 0 aliphatic rings. The Balaban J connectivity index is 1.78. The largest absolute Gasteiger partial charge is 0.497 e. The van der Waals surface area contributed by atoms with Gasteiger partial charge in [0.1, 0.15) is 23.7 Å². The van der Waals surface area contributed by atoms with E-state index in [1.807, 2.05) is 0 Å². The fourth-order valence-corrected chi connectivity index (χ4v) is 1.70. The zero-order chi connectivity index (χ0) is 15.1. The fourth-order valence-electron chi connectivity index (χ4n) is 1.70. The van der Waals surface area contributed by atoms with E-state index in [-0.39, 0.29) is 5.56 Å². The van der Waals surface area contributed by atoms with Crippen molar-refractivity contribution in [2.45, 2.75) is 0 Å². The van der Waals surface area contributed by atoms with Crippen molar-refractivity contribution in [2.24, 2.45) is 0 Å². The van der Waals surface area contributed by atoms with Gasteiger partial charge in [-0.3, -0.25) is 9.59 Å². The van der Waals surface area contributed by atoms with Crippen LogP contribution in [-0.4, -0.2) is 31.2 Å². The van der Waals surface area contributed by atoms with Crippen LogP contribution in [0.2, 0.25) is 0 Å². The maximum Gasteiger partial charge on any atom is 0.260 e. The highest BCUT2D eigenvalue weighted by molar-refractivity contribution is 5.93. The molecule has 0 fully saturated rings. The Labute approximate surface area is 121 Å². The summed E-state index contributed by atoms with van der Waals surface area (Å²) in [6.45, 7) is 0.613. The predicted octanol–water partition coefficient (Wildman–Crippen LogP) is 1.19. The predicted molar refractivity (Wildman–Crippen MR) is 77.9 cm³/mol. The number of carbonyl (C=O) groups is 1. The molecule has 1 amide bonds. The summed E-state index contributed by atoms with van der Waals surface area (Å²) in [5.41, 5.74) is -0.326. The van der Waals surface area contributed by atoms with Crippen molar-refractivity contribution >= 4 is 5.91 Å². The maximum absolute atomic E-state index is 11.8. The first kappa shape index (κ1) is 14.6. The summed E-state index contributed by atoms with van der Waals surface area (Å²) in [5, 5.41) is 2.62. The Morgan fingerprint density at radius 2 is 1.90 bits per heavy atom. The molecule has 0 saturated heterocycles. The highest BCUT2D eigenvalue weighted by Gasteiger charge is 2.08. The van der Waals surface area contributed by atoms with E-state index in [0.29, 0.717) is 18.9 Å². The van der Waals surface area contributed by atoms with Crippen molar-refractivity contribution in [1.82, 2.24) is 10.3 Å². The van der Waals surface area contributed by atoms with Crippen molar-refractivity contribution < 1.29 is 14.3 Å². The molecular formula is C15H16N2O4. The third-order valence-electron chi connectivity index (χ3n) is 2.78. The number of pyridine rings is 1. The Morgan fingerprint density at radius 1 is 1.19 bits per heavy atom. The smallest absolute Gasteiger partial charge is 0.260 e. The first-order chi connectivity index (χ1) is 10.2. The number of carbonyl (C=O) groups excluding carboxylic acids is 1. The van der Waals surface area contributed by atoms with E-state index in [0.717, 1.165) is 5.75 Å². The summed E-state index contributed by atoms with van der Waals surface area (Å²) >= 11 is 0. The first-order valence-corrected chi connectivity index (χ1v) is 6.43. The second-order valence-corrected chi connectivity index (χ2v) is 4.19. The number of rotatable bonds is 6. The van der Waals surface area contributed by atoms with Crippen LogP contribution < -0.4 is 20.3 Å². The molecule has 1 aromatic heterocycles. The van der Waals surface area contributed by atoms with Crippen LogP contribution in [0, 0.1) is 0 Å². The first-order valence-electron chi connectivity index (χ1n) is 6.43. The molecule has 2 aromatic rings. The minimum absolute atomic E-state index is 0.0851. The number of hydrogen-bond acceptors (Lipinski definition) is 4. The van der Waals surface area contributed by atoms with Gasteiger partial charge < -0.3 is 19.8 Å². The molecule has 0 spiro atoms. The Morgan fingerprint density at radius 3 is 2.57 bits per heavy atom. The molecule has 2 N–H and O–H groups in total. The van der Waals surface area contributed by atoms with E-state index < -0.39 is 11.5 Å². The van der Waals surface area contributed by atoms with Gasteiger partial charge >= 0.3 is 0 Å². The highest BCUT2D eigenvalue weighted by Crippen LogP contribution is 2.16. The number of aromatic nitrogens is 1.